The molecule has 0 aromatic carbocycles. The molecule has 0 spiro atoms. The van der Waals surface area contributed by atoms with Crippen molar-refractivity contribution >= 4 is 0 Å². The lowest BCUT2D eigenvalue weighted by Gasteiger charge is -2.10. The van der Waals surface area contributed by atoms with Gasteiger partial charge in [0.05, 0.1) is 0 Å². The van der Waals surface area contributed by atoms with Gasteiger partial charge in [-0.15, -0.1) is 10.2 Å². The fourth-order valence-electron chi connectivity index (χ4n) is 1.79. The molecule has 12 heavy (non-hydrogen) atoms. The second kappa shape index (κ2) is 2.55. The Labute approximate surface area is 71.8 Å². The molecule has 1 heterocycles. The van der Waals surface area contributed by atoms with Crippen LogP contribution >= 0.6 is 0 Å². The van der Waals surface area contributed by atoms with Crippen molar-refractivity contribution < 1.29 is 0 Å². The molecule has 1 fully saturated rings. The molecule has 1 saturated carbocycles. The van der Waals surface area contributed by atoms with Crippen molar-refractivity contribution in [2.45, 2.75) is 31.8 Å². The molecule has 0 radical (unpaired) electrons. The molecule has 1 aromatic heterocycles. The van der Waals surface area contributed by atoms with Gasteiger partial charge in [-0.2, -0.15) is 0 Å². The van der Waals surface area contributed by atoms with Crippen molar-refractivity contribution in [1.82, 2.24) is 14.8 Å². The molecule has 4 nitrogen and oxygen atoms in total. The van der Waals surface area contributed by atoms with Crippen molar-refractivity contribution in [1.29, 1.82) is 0 Å². The van der Waals surface area contributed by atoms with Crippen LogP contribution in [0.15, 0.2) is 12.7 Å². The minimum absolute atomic E-state index is 0.0249. The van der Waals surface area contributed by atoms with E-state index in [1.807, 2.05) is 4.57 Å². The summed E-state index contributed by atoms with van der Waals surface area (Å²) in [5.41, 5.74) is 6.14. The van der Waals surface area contributed by atoms with Crippen LogP contribution in [0.1, 0.15) is 19.8 Å². The molecule has 2 N–H and O–H groups in total. The molecule has 4 heteroatoms. The molecule has 0 saturated heterocycles. The first-order chi connectivity index (χ1) is 5.74. The van der Waals surface area contributed by atoms with E-state index < -0.39 is 0 Å². The van der Waals surface area contributed by atoms with Crippen molar-refractivity contribution in [2.24, 2.45) is 11.7 Å². The minimum Gasteiger partial charge on any atom is -0.323 e. The van der Waals surface area contributed by atoms with Crippen LogP contribution in [0.3, 0.4) is 0 Å². The fourth-order valence-corrected chi connectivity index (χ4v) is 1.79. The summed E-state index contributed by atoms with van der Waals surface area (Å²) in [5, 5.41) is 7.48. The lowest BCUT2D eigenvalue weighted by molar-refractivity contribution is 0.491. The Bertz CT molecular complexity index is 256. The van der Waals surface area contributed by atoms with E-state index in [2.05, 4.69) is 17.1 Å². The third-order valence-electron chi connectivity index (χ3n) is 2.72. The Kier molecular flexibility index (Phi) is 1.65. The molecule has 1 aromatic rings. The SMILES string of the molecule is CCC1CC1(N)Cn1cnnc1. The maximum Gasteiger partial charge on any atom is 0.119 e. The van der Waals surface area contributed by atoms with Gasteiger partial charge in [-0.1, -0.05) is 13.3 Å². The Morgan fingerprint density at radius 3 is 2.75 bits per heavy atom. The normalized spacial score (nSPS) is 33.7. The number of hydrogen-bond donors (Lipinski definition) is 1. The lowest BCUT2D eigenvalue weighted by Crippen LogP contribution is -2.30. The summed E-state index contributed by atoms with van der Waals surface area (Å²) in [6.45, 7) is 3.05. The van der Waals surface area contributed by atoms with Gasteiger partial charge in [-0.25, -0.2) is 0 Å². The summed E-state index contributed by atoms with van der Waals surface area (Å²) in [4.78, 5) is 0. The smallest absolute Gasteiger partial charge is 0.119 e. The lowest BCUT2D eigenvalue weighted by atomic mass is 10.2. The quantitative estimate of drug-likeness (QED) is 0.707. The molecule has 2 unspecified atom stereocenters. The molecule has 0 bridgehead atoms. The second-order valence-electron chi connectivity index (χ2n) is 3.68. The van der Waals surface area contributed by atoms with Crippen molar-refractivity contribution in [2.75, 3.05) is 0 Å². The van der Waals surface area contributed by atoms with Crippen LogP contribution in [0.4, 0.5) is 0 Å². The van der Waals surface area contributed by atoms with E-state index in [1.54, 1.807) is 12.7 Å². The topological polar surface area (TPSA) is 56.7 Å². The summed E-state index contributed by atoms with van der Waals surface area (Å²) >= 11 is 0. The first-order valence-electron chi connectivity index (χ1n) is 4.36. The van der Waals surface area contributed by atoms with Gasteiger partial charge in [-0.3, -0.25) is 0 Å². The molecule has 66 valence electrons. The van der Waals surface area contributed by atoms with E-state index in [0.717, 1.165) is 13.0 Å². The Morgan fingerprint density at radius 1 is 1.58 bits per heavy atom. The van der Waals surface area contributed by atoms with Gasteiger partial charge in [0.1, 0.15) is 12.7 Å². The zero-order chi connectivity index (χ0) is 8.60. The van der Waals surface area contributed by atoms with Gasteiger partial charge in [0.25, 0.3) is 0 Å². The van der Waals surface area contributed by atoms with Crippen LogP contribution in [-0.4, -0.2) is 20.3 Å². The van der Waals surface area contributed by atoms with Crippen molar-refractivity contribution in [3.8, 4) is 0 Å². The van der Waals surface area contributed by atoms with E-state index >= 15 is 0 Å². The molecule has 0 amide bonds. The van der Waals surface area contributed by atoms with Gasteiger partial charge >= 0.3 is 0 Å². The van der Waals surface area contributed by atoms with E-state index in [0.29, 0.717) is 5.92 Å². The van der Waals surface area contributed by atoms with E-state index in [-0.39, 0.29) is 5.54 Å². The molecular weight excluding hydrogens is 152 g/mol. The van der Waals surface area contributed by atoms with Crippen LogP contribution in [0.2, 0.25) is 0 Å². The highest BCUT2D eigenvalue weighted by atomic mass is 15.2. The van der Waals surface area contributed by atoms with E-state index in [4.69, 9.17) is 5.73 Å². The van der Waals surface area contributed by atoms with Gasteiger partial charge in [0.2, 0.25) is 0 Å². The predicted octanol–water partition coefficient (Wildman–Crippen LogP) is 0.405. The van der Waals surface area contributed by atoms with Crippen molar-refractivity contribution in [3.05, 3.63) is 12.7 Å². The van der Waals surface area contributed by atoms with Crippen LogP contribution in [0, 0.1) is 5.92 Å². The van der Waals surface area contributed by atoms with Crippen LogP contribution in [0.25, 0.3) is 0 Å². The number of aromatic nitrogens is 3. The zero-order valence-corrected chi connectivity index (χ0v) is 7.27. The number of nitrogens with zero attached hydrogens (tertiary/aromatic N) is 3. The van der Waals surface area contributed by atoms with E-state index in [1.165, 1.54) is 6.42 Å². The number of nitrogens with two attached hydrogens (primary N) is 1. The van der Waals surface area contributed by atoms with Crippen LogP contribution < -0.4 is 5.73 Å². The molecule has 1 aliphatic carbocycles. The van der Waals surface area contributed by atoms with Gasteiger partial charge < -0.3 is 10.3 Å². The standard InChI is InChI=1S/C8H14N4/c1-2-7-3-8(7,9)4-12-5-10-11-6-12/h5-7H,2-4,9H2,1H3. The molecule has 0 aliphatic heterocycles. The summed E-state index contributed by atoms with van der Waals surface area (Å²) in [7, 11) is 0. The second-order valence-corrected chi connectivity index (χ2v) is 3.68. The minimum atomic E-state index is 0.0249. The molecular formula is C8H14N4. The summed E-state index contributed by atoms with van der Waals surface area (Å²) in [6.07, 6.45) is 5.76. The van der Waals surface area contributed by atoms with Crippen LogP contribution in [-0.2, 0) is 6.54 Å². The molecule has 2 rings (SSSR count). The number of hydrogen-bond acceptors (Lipinski definition) is 3. The predicted molar refractivity (Wildman–Crippen MR) is 45.3 cm³/mol. The molecule has 1 aliphatic rings. The monoisotopic (exact) mass is 166 g/mol. The largest absolute Gasteiger partial charge is 0.323 e. The average molecular weight is 166 g/mol. The van der Waals surface area contributed by atoms with Gasteiger partial charge in [-0.05, 0) is 12.3 Å². The maximum absolute atomic E-state index is 6.12. The molecule has 2 atom stereocenters. The number of rotatable bonds is 3. The third kappa shape index (κ3) is 1.22. The Balaban J connectivity index is 1.97. The van der Waals surface area contributed by atoms with Gasteiger partial charge in [0.15, 0.2) is 0 Å². The first-order valence-corrected chi connectivity index (χ1v) is 4.36. The highest BCUT2D eigenvalue weighted by Crippen LogP contribution is 2.44. The Hall–Kier alpha value is -0.900. The van der Waals surface area contributed by atoms with Crippen molar-refractivity contribution in [3.63, 3.8) is 0 Å². The summed E-state index contributed by atoms with van der Waals surface area (Å²) in [5.74, 6) is 0.694. The Morgan fingerprint density at radius 2 is 2.25 bits per heavy atom. The summed E-state index contributed by atoms with van der Waals surface area (Å²) < 4.78 is 1.95. The van der Waals surface area contributed by atoms with E-state index in [9.17, 15) is 0 Å². The zero-order valence-electron chi connectivity index (χ0n) is 7.27. The van der Waals surface area contributed by atoms with Crippen LogP contribution in [0.5, 0.6) is 0 Å². The first kappa shape index (κ1) is 7.73. The highest BCUT2D eigenvalue weighted by Gasteiger charge is 2.49. The fraction of sp³-hybridized carbons (Fsp3) is 0.750. The average Bonchev–Trinajstić information content (AvgIpc) is 2.48. The maximum atomic E-state index is 6.12. The summed E-state index contributed by atoms with van der Waals surface area (Å²) in [6, 6.07) is 0. The highest BCUT2D eigenvalue weighted by molar-refractivity contribution is 5.06. The third-order valence-corrected chi connectivity index (χ3v) is 2.72. The van der Waals surface area contributed by atoms with Gasteiger partial charge in [0, 0.05) is 12.1 Å².